The van der Waals surface area contributed by atoms with E-state index >= 15 is 0 Å². The lowest BCUT2D eigenvalue weighted by atomic mass is 10.2. The zero-order valence-electron chi connectivity index (χ0n) is 9.00. The van der Waals surface area contributed by atoms with E-state index in [4.69, 9.17) is 10.00 Å². The van der Waals surface area contributed by atoms with Crippen LogP contribution >= 0.6 is 0 Å². The predicted octanol–water partition coefficient (Wildman–Crippen LogP) is 1.82. The second-order valence-corrected chi connectivity index (χ2v) is 3.38. The summed E-state index contributed by atoms with van der Waals surface area (Å²) in [6.07, 6.45) is 0.493. The third kappa shape index (κ3) is 2.15. The summed E-state index contributed by atoms with van der Waals surface area (Å²) in [5.41, 5.74) is 3.51. The number of rotatable bonds is 4. The van der Waals surface area contributed by atoms with Gasteiger partial charge in [-0.15, -0.1) is 0 Å². The Morgan fingerprint density at radius 1 is 1.50 bits per heavy atom. The van der Waals surface area contributed by atoms with Crippen molar-refractivity contribution in [2.45, 2.75) is 26.8 Å². The molecule has 0 amide bonds. The maximum atomic E-state index is 8.64. The van der Waals surface area contributed by atoms with E-state index < -0.39 is 0 Å². The molecule has 14 heavy (non-hydrogen) atoms. The van der Waals surface area contributed by atoms with Gasteiger partial charge in [-0.2, -0.15) is 5.26 Å². The molecule has 0 aromatic carbocycles. The van der Waals surface area contributed by atoms with Crippen molar-refractivity contribution in [3.05, 3.63) is 23.0 Å². The summed E-state index contributed by atoms with van der Waals surface area (Å²) in [6, 6.07) is 4.25. The molecular weight excluding hydrogens is 176 g/mol. The fourth-order valence-electron chi connectivity index (χ4n) is 1.66. The van der Waals surface area contributed by atoms with Crippen LogP contribution in [0.2, 0.25) is 0 Å². The Morgan fingerprint density at radius 3 is 2.79 bits per heavy atom. The minimum atomic E-state index is 0.493. The van der Waals surface area contributed by atoms with E-state index in [9.17, 15) is 0 Å². The van der Waals surface area contributed by atoms with Gasteiger partial charge in [0.25, 0.3) is 0 Å². The predicted molar refractivity (Wildman–Crippen MR) is 55.1 cm³/mol. The molecule has 1 aromatic heterocycles. The summed E-state index contributed by atoms with van der Waals surface area (Å²) in [4.78, 5) is 0. The molecule has 0 aliphatic rings. The molecule has 0 N–H and O–H groups in total. The molecule has 0 fully saturated rings. The van der Waals surface area contributed by atoms with E-state index in [1.54, 1.807) is 7.11 Å². The Kier molecular flexibility index (Phi) is 3.73. The van der Waals surface area contributed by atoms with Crippen molar-refractivity contribution in [1.29, 1.82) is 5.26 Å². The van der Waals surface area contributed by atoms with Crippen molar-refractivity contribution in [3.63, 3.8) is 0 Å². The van der Waals surface area contributed by atoms with Crippen molar-refractivity contribution in [2.75, 3.05) is 13.7 Å². The quantitative estimate of drug-likeness (QED) is 0.729. The van der Waals surface area contributed by atoms with Crippen LogP contribution in [-0.4, -0.2) is 18.3 Å². The third-order valence-electron chi connectivity index (χ3n) is 2.47. The zero-order valence-corrected chi connectivity index (χ0v) is 9.00. The van der Waals surface area contributed by atoms with Crippen molar-refractivity contribution >= 4 is 0 Å². The summed E-state index contributed by atoms with van der Waals surface area (Å²) < 4.78 is 7.23. The van der Waals surface area contributed by atoms with Gasteiger partial charge in [-0.05, 0) is 25.5 Å². The monoisotopic (exact) mass is 192 g/mol. The fraction of sp³-hybridized carbons (Fsp3) is 0.545. The summed E-state index contributed by atoms with van der Waals surface area (Å²) >= 11 is 0. The van der Waals surface area contributed by atoms with Gasteiger partial charge in [0.15, 0.2) is 0 Å². The Bertz CT molecular complexity index is 347. The van der Waals surface area contributed by atoms with Gasteiger partial charge in [0, 0.05) is 25.0 Å². The van der Waals surface area contributed by atoms with E-state index in [1.165, 1.54) is 11.4 Å². The van der Waals surface area contributed by atoms with E-state index in [0.717, 1.165) is 12.1 Å². The lowest BCUT2D eigenvalue weighted by Gasteiger charge is -2.08. The van der Waals surface area contributed by atoms with Gasteiger partial charge in [-0.25, -0.2) is 0 Å². The van der Waals surface area contributed by atoms with Gasteiger partial charge in [-0.3, -0.25) is 0 Å². The number of ether oxygens (including phenoxy) is 1. The van der Waals surface area contributed by atoms with Crippen LogP contribution in [0.5, 0.6) is 0 Å². The zero-order chi connectivity index (χ0) is 10.6. The lowest BCUT2D eigenvalue weighted by molar-refractivity contribution is 0.186. The van der Waals surface area contributed by atoms with Crippen molar-refractivity contribution < 1.29 is 4.74 Å². The maximum absolute atomic E-state index is 8.64. The van der Waals surface area contributed by atoms with Gasteiger partial charge in [-0.1, -0.05) is 0 Å². The molecule has 3 nitrogen and oxygen atoms in total. The second-order valence-electron chi connectivity index (χ2n) is 3.38. The minimum Gasteiger partial charge on any atom is -0.383 e. The average Bonchev–Trinajstić information content (AvgIpc) is 2.41. The van der Waals surface area contributed by atoms with Gasteiger partial charge in [0.2, 0.25) is 0 Å². The molecule has 0 radical (unpaired) electrons. The largest absolute Gasteiger partial charge is 0.383 e. The molecule has 1 aromatic rings. The summed E-state index contributed by atoms with van der Waals surface area (Å²) in [5.74, 6) is 0. The Hall–Kier alpha value is -1.27. The highest BCUT2D eigenvalue weighted by atomic mass is 16.5. The van der Waals surface area contributed by atoms with E-state index in [-0.39, 0.29) is 0 Å². The van der Waals surface area contributed by atoms with E-state index in [0.29, 0.717) is 13.0 Å². The van der Waals surface area contributed by atoms with Crippen LogP contribution < -0.4 is 0 Å². The SMILES string of the molecule is COCCn1c(C)cc(CC#N)c1C. The first-order valence-corrected chi connectivity index (χ1v) is 4.72. The van der Waals surface area contributed by atoms with Crippen LogP contribution in [0.1, 0.15) is 17.0 Å². The van der Waals surface area contributed by atoms with Gasteiger partial charge in [0.1, 0.15) is 0 Å². The Labute approximate surface area is 84.9 Å². The molecule has 0 bridgehead atoms. The van der Waals surface area contributed by atoms with Crippen molar-refractivity contribution in [1.82, 2.24) is 4.57 Å². The lowest BCUT2D eigenvalue weighted by Crippen LogP contribution is -2.07. The maximum Gasteiger partial charge on any atom is 0.0670 e. The smallest absolute Gasteiger partial charge is 0.0670 e. The van der Waals surface area contributed by atoms with Crippen LogP contribution in [0.25, 0.3) is 0 Å². The molecule has 0 saturated carbocycles. The topological polar surface area (TPSA) is 38.0 Å². The molecular formula is C11H16N2O. The highest BCUT2D eigenvalue weighted by molar-refractivity contribution is 5.28. The first-order valence-electron chi connectivity index (χ1n) is 4.72. The summed E-state index contributed by atoms with van der Waals surface area (Å²) in [5, 5.41) is 8.64. The van der Waals surface area contributed by atoms with Crippen molar-refractivity contribution in [3.8, 4) is 6.07 Å². The van der Waals surface area contributed by atoms with Gasteiger partial charge < -0.3 is 9.30 Å². The fourth-order valence-corrected chi connectivity index (χ4v) is 1.66. The van der Waals surface area contributed by atoms with Crippen molar-refractivity contribution in [2.24, 2.45) is 0 Å². The van der Waals surface area contributed by atoms with Gasteiger partial charge in [0.05, 0.1) is 19.1 Å². The molecule has 0 aliphatic carbocycles. The number of hydrogen-bond acceptors (Lipinski definition) is 2. The van der Waals surface area contributed by atoms with Crippen LogP contribution in [-0.2, 0) is 17.7 Å². The number of nitriles is 1. The average molecular weight is 192 g/mol. The molecule has 1 rings (SSSR count). The van der Waals surface area contributed by atoms with E-state index in [2.05, 4.69) is 30.6 Å². The van der Waals surface area contributed by atoms with Crippen LogP contribution in [0.15, 0.2) is 6.07 Å². The molecule has 76 valence electrons. The highest BCUT2D eigenvalue weighted by Gasteiger charge is 2.07. The van der Waals surface area contributed by atoms with Crippen LogP contribution in [0, 0.1) is 25.2 Å². The van der Waals surface area contributed by atoms with Crippen LogP contribution in [0.3, 0.4) is 0 Å². The number of nitrogens with zero attached hydrogens (tertiary/aromatic N) is 2. The molecule has 0 spiro atoms. The third-order valence-corrected chi connectivity index (χ3v) is 2.47. The number of hydrogen-bond donors (Lipinski definition) is 0. The molecule has 3 heteroatoms. The molecule has 0 atom stereocenters. The molecule has 0 unspecified atom stereocenters. The minimum absolute atomic E-state index is 0.493. The standard InChI is InChI=1S/C11H16N2O/c1-9-8-11(4-5-12)10(2)13(9)6-7-14-3/h8H,4,6-7H2,1-3H3. The number of aryl methyl sites for hydroxylation is 1. The number of methoxy groups -OCH3 is 1. The normalized spacial score (nSPS) is 10.1. The molecule has 0 aliphatic heterocycles. The first kappa shape index (κ1) is 10.8. The Balaban J connectivity index is 2.88. The highest BCUT2D eigenvalue weighted by Crippen LogP contribution is 2.15. The summed E-state index contributed by atoms with van der Waals surface area (Å²) in [6.45, 7) is 5.68. The summed E-state index contributed by atoms with van der Waals surface area (Å²) in [7, 11) is 1.70. The first-order chi connectivity index (χ1) is 6.70. The second kappa shape index (κ2) is 4.83. The van der Waals surface area contributed by atoms with Gasteiger partial charge >= 0.3 is 0 Å². The number of aromatic nitrogens is 1. The Morgan fingerprint density at radius 2 is 2.21 bits per heavy atom. The molecule has 1 heterocycles. The van der Waals surface area contributed by atoms with Crippen LogP contribution in [0.4, 0.5) is 0 Å². The van der Waals surface area contributed by atoms with E-state index in [1.807, 2.05) is 0 Å². The molecule has 0 saturated heterocycles.